The summed E-state index contributed by atoms with van der Waals surface area (Å²) in [7, 11) is 1.87. The molecule has 5 rings (SSSR count). The maximum Gasteiger partial charge on any atom is 0.221 e. The highest BCUT2D eigenvalue weighted by Gasteiger charge is 2.29. The zero-order valence-electron chi connectivity index (χ0n) is 21.5. The van der Waals surface area contributed by atoms with Gasteiger partial charge in [0.05, 0.1) is 58.8 Å². The van der Waals surface area contributed by atoms with Gasteiger partial charge in [-0.05, 0) is 44.5 Å². The molecule has 0 aromatic carbocycles. The minimum Gasteiger partial charge on any atom is -0.476 e. The number of H-pyrrole nitrogens is 1. The molecule has 1 fully saturated rings. The lowest BCUT2D eigenvalue weighted by atomic mass is 10.1. The minimum atomic E-state index is -0.192. The summed E-state index contributed by atoms with van der Waals surface area (Å²) < 4.78 is 13.7. The van der Waals surface area contributed by atoms with Crippen molar-refractivity contribution in [3.05, 3.63) is 41.2 Å². The van der Waals surface area contributed by atoms with Crippen molar-refractivity contribution in [2.24, 2.45) is 17.8 Å². The number of hydrogen-bond donors (Lipinski definition) is 3. The summed E-state index contributed by atoms with van der Waals surface area (Å²) in [6.45, 7) is 3.68. The first-order valence-electron chi connectivity index (χ1n) is 12.6. The van der Waals surface area contributed by atoms with Crippen LogP contribution in [0.3, 0.4) is 0 Å². The first-order valence-corrected chi connectivity index (χ1v) is 12.6. The summed E-state index contributed by atoms with van der Waals surface area (Å²) >= 11 is 0. The first-order chi connectivity index (χ1) is 18.5. The molecule has 3 aromatic rings. The lowest BCUT2D eigenvalue weighted by Crippen LogP contribution is -2.39. The number of pyridine rings is 1. The first kappa shape index (κ1) is 25.4. The van der Waals surface area contributed by atoms with Crippen LogP contribution in [0.1, 0.15) is 24.2 Å². The molecule has 1 atom stereocenters. The average Bonchev–Trinajstić information content (AvgIpc) is 3.60. The van der Waals surface area contributed by atoms with Crippen molar-refractivity contribution < 1.29 is 14.6 Å². The van der Waals surface area contributed by atoms with Crippen LogP contribution >= 0.6 is 0 Å². The fourth-order valence-corrected chi connectivity index (χ4v) is 5.03. The SMILES string of the molecule is Cc1nn(C)c2c1-c1cc3c(n[nH]c3cn1)/C=C/C(=C(/N)OCC#N)C(=NCCO)CN1CCC[C@@H]1CO2. The molecule has 0 radical (unpaired) electrons. The van der Waals surface area contributed by atoms with Crippen LogP contribution in [0.15, 0.2) is 34.8 Å². The monoisotopic (exact) mass is 517 g/mol. The van der Waals surface area contributed by atoms with Crippen molar-refractivity contribution >= 4 is 22.7 Å². The quantitative estimate of drug-likeness (QED) is 0.437. The van der Waals surface area contributed by atoms with Gasteiger partial charge in [0.2, 0.25) is 5.88 Å². The van der Waals surface area contributed by atoms with Gasteiger partial charge in [0, 0.05) is 25.0 Å². The highest BCUT2D eigenvalue weighted by Crippen LogP contribution is 2.34. The third kappa shape index (κ3) is 4.98. The van der Waals surface area contributed by atoms with Crippen molar-refractivity contribution in [2.45, 2.75) is 25.8 Å². The normalized spacial score (nSPS) is 21.3. The van der Waals surface area contributed by atoms with Crippen molar-refractivity contribution in [1.82, 2.24) is 29.9 Å². The summed E-state index contributed by atoms with van der Waals surface area (Å²) in [5.41, 5.74) is 11.4. The Bertz CT molecular complexity index is 1460. The van der Waals surface area contributed by atoms with Crippen LogP contribution in [0.25, 0.3) is 28.2 Å². The summed E-state index contributed by atoms with van der Waals surface area (Å²) in [6, 6.07) is 4.06. The molecular formula is C26H31N9O3. The van der Waals surface area contributed by atoms with Gasteiger partial charge < -0.3 is 20.3 Å². The molecule has 1 saturated heterocycles. The number of aliphatic hydroxyl groups is 1. The fraction of sp³-hybridized carbons (Fsp3) is 0.423. The third-order valence-electron chi connectivity index (χ3n) is 6.85. The zero-order valence-corrected chi connectivity index (χ0v) is 21.5. The standard InChI is InChI=1S/C26H31N9O3/c1-16-24-21-12-19-20(31-32-22(19)13-30-21)6-5-18(25(28)37-11-7-27)23(29-8-10-36)14-35-9-3-4-17(35)15-38-26(24)34(2)33-16/h5-6,12-13,17,36H,3-4,8-11,14-15,28H2,1-2H3,(H,31,32)/b6-5+,25-18+,29-23?/t17-/m1/s1. The fourth-order valence-electron chi connectivity index (χ4n) is 5.03. The number of nitriles is 1. The Hall–Kier alpha value is -4.21. The number of rotatable bonds is 4. The highest BCUT2D eigenvalue weighted by molar-refractivity contribution is 6.05. The number of nitrogens with two attached hydrogens (primary N) is 1. The molecule has 3 aromatic heterocycles. The molecule has 12 nitrogen and oxygen atoms in total. The van der Waals surface area contributed by atoms with Crippen LogP contribution in [0.4, 0.5) is 0 Å². The van der Waals surface area contributed by atoms with Gasteiger partial charge in [-0.3, -0.25) is 20.0 Å². The molecular weight excluding hydrogens is 486 g/mol. The van der Waals surface area contributed by atoms with E-state index in [9.17, 15) is 5.11 Å². The second-order valence-electron chi connectivity index (χ2n) is 9.30. The number of hydrogen-bond acceptors (Lipinski definition) is 10. The Labute approximate surface area is 220 Å². The van der Waals surface area contributed by atoms with Gasteiger partial charge in [0.25, 0.3) is 0 Å². The predicted molar refractivity (Wildman–Crippen MR) is 142 cm³/mol. The minimum absolute atomic E-state index is 0.0899. The van der Waals surface area contributed by atoms with Crippen LogP contribution in [0.2, 0.25) is 0 Å². The Morgan fingerprint density at radius 1 is 1.42 bits per heavy atom. The topological polar surface area (TPSA) is 163 Å². The van der Waals surface area contributed by atoms with E-state index in [4.69, 9.17) is 20.5 Å². The average molecular weight is 518 g/mol. The van der Waals surface area contributed by atoms with Gasteiger partial charge in [-0.15, -0.1) is 0 Å². The summed E-state index contributed by atoms with van der Waals surface area (Å²) in [6.07, 6.45) is 7.37. The van der Waals surface area contributed by atoms with Crippen LogP contribution in [0.5, 0.6) is 5.88 Å². The molecule has 2 bridgehead atoms. The van der Waals surface area contributed by atoms with Gasteiger partial charge in [-0.1, -0.05) is 0 Å². The third-order valence-corrected chi connectivity index (χ3v) is 6.85. The molecule has 0 amide bonds. The number of aryl methyl sites for hydroxylation is 2. The Morgan fingerprint density at radius 3 is 3.11 bits per heavy atom. The Morgan fingerprint density at radius 2 is 2.29 bits per heavy atom. The molecule has 198 valence electrons. The van der Waals surface area contributed by atoms with E-state index in [1.165, 1.54) is 0 Å². The molecule has 0 unspecified atom stereocenters. The zero-order chi connectivity index (χ0) is 26.6. The van der Waals surface area contributed by atoms with Crippen molar-refractivity contribution in [3.63, 3.8) is 0 Å². The maximum atomic E-state index is 9.52. The van der Waals surface area contributed by atoms with Gasteiger partial charge in [-0.25, -0.2) is 4.68 Å². The van der Waals surface area contributed by atoms with Crippen LogP contribution in [-0.4, -0.2) is 86.2 Å². The second kappa shape index (κ2) is 11.0. The number of aliphatic hydroxyl groups excluding tert-OH is 1. The lowest BCUT2D eigenvalue weighted by molar-refractivity contribution is 0.179. The highest BCUT2D eigenvalue weighted by atomic mass is 16.5. The number of ether oxygens (including phenoxy) is 2. The Kier molecular flexibility index (Phi) is 7.39. The van der Waals surface area contributed by atoms with Crippen molar-refractivity contribution in [3.8, 4) is 23.2 Å². The lowest BCUT2D eigenvalue weighted by Gasteiger charge is -2.26. The van der Waals surface area contributed by atoms with Crippen LogP contribution < -0.4 is 10.5 Å². The van der Waals surface area contributed by atoms with E-state index in [1.54, 1.807) is 17.0 Å². The Balaban J connectivity index is 1.68. The molecule has 38 heavy (non-hydrogen) atoms. The number of nitrogens with zero attached hydrogens (tertiary/aromatic N) is 7. The molecule has 2 aliphatic heterocycles. The van der Waals surface area contributed by atoms with E-state index in [-0.39, 0.29) is 31.7 Å². The largest absolute Gasteiger partial charge is 0.476 e. The molecule has 0 aliphatic carbocycles. The number of nitrogens with one attached hydrogen (secondary N) is 1. The number of aromatic nitrogens is 5. The molecule has 4 N–H and O–H groups in total. The second-order valence-corrected chi connectivity index (χ2v) is 9.30. The van der Waals surface area contributed by atoms with E-state index in [0.29, 0.717) is 36.0 Å². The van der Waals surface area contributed by atoms with Crippen LogP contribution in [0, 0.1) is 18.3 Å². The van der Waals surface area contributed by atoms with Gasteiger partial charge >= 0.3 is 0 Å². The van der Waals surface area contributed by atoms with Gasteiger partial charge in [0.1, 0.15) is 12.7 Å². The summed E-state index contributed by atoms with van der Waals surface area (Å²) in [5.74, 6) is 0.757. The van der Waals surface area contributed by atoms with E-state index in [0.717, 1.165) is 47.2 Å². The number of aromatic amines is 1. The van der Waals surface area contributed by atoms with E-state index in [1.807, 2.05) is 32.2 Å². The smallest absolute Gasteiger partial charge is 0.221 e. The van der Waals surface area contributed by atoms with E-state index < -0.39 is 0 Å². The summed E-state index contributed by atoms with van der Waals surface area (Å²) in [5, 5.41) is 31.5. The van der Waals surface area contributed by atoms with Crippen LogP contribution in [-0.2, 0) is 11.8 Å². The molecule has 0 saturated carbocycles. The summed E-state index contributed by atoms with van der Waals surface area (Å²) in [4.78, 5) is 11.6. The van der Waals surface area contributed by atoms with E-state index in [2.05, 4.69) is 30.2 Å². The maximum absolute atomic E-state index is 9.52. The van der Waals surface area contributed by atoms with Gasteiger partial charge in [-0.2, -0.15) is 15.5 Å². The van der Waals surface area contributed by atoms with Gasteiger partial charge in [0.15, 0.2) is 12.5 Å². The van der Waals surface area contributed by atoms with E-state index >= 15 is 0 Å². The number of allylic oxidation sites excluding steroid dienone is 1. The number of aliphatic imine (C=N–C) groups is 1. The number of fused-ring (bicyclic) bond motifs is 4. The molecule has 0 spiro atoms. The van der Waals surface area contributed by atoms with Crippen molar-refractivity contribution in [2.75, 3.05) is 39.5 Å². The van der Waals surface area contributed by atoms with Crippen molar-refractivity contribution in [1.29, 1.82) is 5.26 Å². The predicted octanol–water partition coefficient (Wildman–Crippen LogP) is 1.68. The molecule has 12 heteroatoms. The molecule has 2 aliphatic rings. The molecule has 5 heterocycles.